The van der Waals surface area contributed by atoms with Crippen LogP contribution in [0.25, 0.3) is 17.1 Å². The molecule has 4 aromatic rings. The van der Waals surface area contributed by atoms with Crippen molar-refractivity contribution in [3.05, 3.63) is 75.7 Å². The number of aromatic amines is 1. The molecule has 37 heavy (non-hydrogen) atoms. The first-order valence-electron chi connectivity index (χ1n) is 10.7. The van der Waals surface area contributed by atoms with Gasteiger partial charge in [0.25, 0.3) is 0 Å². The van der Waals surface area contributed by atoms with E-state index in [-0.39, 0.29) is 28.6 Å². The molecule has 0 aliphatic heterocycles. The van der Waals surface area contributed by atoms with E-state index >= 15 is 0 Å². The van der Waals surface area contributed by atoms with Gasteiger partial charge in [0.15, 0.2) is 17.3 Å². The summed E-state index contributed by atoms with van der Waals surface area (Å²) in [6, 6.07) is 13.4. The summed E-state index contributed by atoms with van der Waals surface area (Å²) in [7, 11) is -0.0779. The fraction of sp³-hybridized carbons (Fsp3) is 0.167. The maximum atomic E-state index is 13.5. The molecule has 0 fully saturated rings. The van der Waals surface area contributed by atoms with Gasteiger partial charge in [-0.2, -0.15) is 9.40 Å². The lowest BCUT2D eigenvalue weighted by atomic mass is 10.1. The SMILES string of the molecule is COc1cccc(CN(C)S(=O)(=O)c2cc(-c3n[nH]c(=O)n3-c3ccccc3Cl)c(O)cc2O)c1OC. The lowest BCUT2D eigenvalue weighted by Gasteiger charge is -2.21. The topological polar surface area (TPSA) is 147 Å². The first-order chi connectivity index (χ1) is 17.6. The number of hydrogen-bond acceptors (Lipinski definition) is 8. The van der Waals surface area contributed by atoms with Gasteiger partial charge in [-0.25, -0.2) is 22.9 Å². The van der Waals surface area contributed by atoms with E-state index in [1.54, 1.807) is 42.5 Å². The summed E-state index contributed by atoms with van der Waals surface area (Å²) in [5.41, 5.74) is -0.00691. The number of benzene rings is 3. The van der Waals surface area contributed by atoms with Gasteiger partial charge in [-0.15, -0.1) is 0 Å². The largest absolute Gasteiger partial charge is 0.507 e. The van der Waals surface area contributed by atoms with Gasteiger partial charge in [0.1, 0.15) is 16.4 Å². The lowest BCUT2D eigenvalue weighted by molar-refractivity contribution is 0.347. The molecule has 4 rings (SSSR count). The van der Waals surface area contributed by atoms with Gasteiger partial charge >= 0.3 is 5.69 Å². The summed E-state index contributed by atoms with van der Waals surface area (Å²) in [6.45, 7) is -0.120. The maximum absolute atomic E-state index is 13.5. The molecule has 0 saturated heterocycles. The number of sulfonamides is 1. The molecule has 3 aromatic carbocycles. The first-order valence-corrected chi connectivity index (χ1v) is 12.6. The molecule has 0 aliphatic carbocycles. The molecule has 3 N–H and O–H groups in total. The van der Waals surface area contributed by atoms with Crippen LogP contribution in [0.15, 0.2) is 64.3 Å². The van der Waals surface area contributed by atoms with Crippen LogP contribution in [0.2, 0.25) is 5.02 Å². The number of nitrogens with one attached hydrogen (secondary N) is 1. The molecule has 0 radical (unpaired) electrons. The number of aromatic hydroxyl groups is 2. The molecular weight excluding hydrogens is 524 g/mol. The highest BCUT2D eigenvalue weighted by Crippen LogP contribution is 2.39. The molecule has 0 bridgehead atoms. The van der Waals surface area contributed by atoms with E-state index in [4.69, 9.17) is 21.1 Å². The smallest absolute Gasteiger partial charge is 0.348 e. The van der Waals surface area contributed by atoms with E-state index in [0.717, 1.165) is 21.0 Å². The van der Waals surface area contributed by atoms with E-state index in [0.29, 0.717) is 17.1 Å². The zero-order valence-electron chi connectivity index (χ0n) is 20.0. The quantitative estimate of drug-likeness (QED) is 0.305. The standard InChI is InChI=1S/C24H23ClN4O7S/c1-28(13-14-7-6-10-20(35-2)22(14)36-3)37(33,34)21-11-15(18(30)12-19(21)31)23-26-27-24(32)29(23)17-9-5-4-8-16(17)25/h4-12,30-31H,13H2,1-3H3,(H,27,32). The summed E-state index contributed by atoms with van der Waals surface area (Å²) in [5, 5.41) is 27.6. The Morgan fingerprint density at radius 3 is 2.46 bits per heavy atom. The van der Waals surface area contributed by atoms with Crippen LogP contribution in [-0.4, -0.2) is 59.0 Å². The Morgan fingerprint density at radius 2 is 1.78 bits per heavy atom. The van der Waals surface area contributed by atoms with Gasteiger partial charge in [-0.05, 0) is 24.3 Å². The Morgan fingerprint density at radius 1 is 1.05 bits per heavy atom. The number of para-hydroxylation sites is 2. The van der Waals surface area contributed by atoms with Crippen molar-refractivity contribution >= 4 is 21.6 Å². The number of ether oxygens (including phenoxy) is 2. The summed E-state index contributed by atoms with van der Waals surface area (Å²) in [5.74, 6) is -0.502. The van der Waals surface area contributed by atoms with Crippen LogP contribution in [0.1, 0.15) is 5.56 Å². The normalized spacial score (nSPS) is 11.6. The van der Waals surface area contributed by atoms with Gasteiger partial charge in [0.2, 0.25) is 10.0 Å². The summed E-state index contributed by atoms with van der Waals surface area (Å²) in [4.78, 5) is 12.0. The second-order valence-corrected chi connectivity index (χ2v) is 10.3. The highest BCUT2D eigenvalue weighted by molar-refractivity contribution is 7.89. The van der Waals surface area contributed by atoms with Crippen molar-refractivity contribution in [3.63, 3.8) is 0 Å². The number of methoxy groups -OCH3 is 2. The van der Waals surface area contributed by atoms with Crippen molar-refractivity contribution < 1.29 is 28.1 Å². The third-order valence-electron chi connectivity index (χ3n) is 5.65. The molecule has 11 nitrogen and oxygen atoms in total. The molecular formula is C24H23ClN4O7S. The maximum Gasteiger partial charge on any atom is 0.348 e. The van der Waals surface area contributed by atoms with E-state index < -0.39 is 32.1 Å². The Bertz CT molecular complexity index is 1630. The number of nitrogens with zero attached hydrogens (tertiary/aromatic N) is 3. The zero-order chi connectivity index (χ0) is 26.9. The van der Waals surface area contributed by atoms with Gasteiger partial charge in [0.05, 0.1) is 30.5 Å². The highest BCUT2D eigenvalue weighted by Gasteiger charge is 2.29. The first kappa shape index (κ1) is 26.1. The molecule has 1 heterocycles. The van der Waals surface area contributed by atoms with Crippen LogP contribution < -0.4 is 15.2 Å². The highest BCUT2D eigenvalue weighted by atomic mass is 35.5. The fourth-order valence-corrected chi connectivity index (χ4v) is 5.30. The minimum absolute atomic E-state index is 0.107. The van der Waals surface area contributed by atoms with Gasteiger partial charge < -0.3 is 19.7 Å². The average Bonchev–Trinajstić information content (AvgIpc) is 3.24. The summed E-state index contributed by atoms with van der Waals surface area (Å²) in [6.07, 6.45) is 0. The lowest BCUT2D eigenvalue weighted by Crippen LogP contribution is -2.27. The molecule has 0 amide bonds. The van der Waals surface area contributed by atoms with Crippen LogP contribution in [0, 0.1) is 0 Å². The number of H-pyrrole nitrogens is 1. The molecule has 0 aliphatic rings. The van der Waals surface area contributed by atoms with Gasteiger partial charge in [0, 0.05) is 25.2 Å². The third kappa shape index (κ3) is 4.73. The predicted octanol–water partition coefficient (Wildman–Crippen LogP) is 3.13. The van der Waals surface area contributed by atoms with Crippen molar-refractivity contribution in [2.75, 3.05) is 21.3 Å². The fourth-order valence-electron chi connectivity index (χ4n) is 3.85. The van der Waals surface area contributed by atoms with Crippen molar-refractivity contribution in [1.29, 1.82) is 0 Å². The number of phenolic OH excluding ortho intramolecular Hbond substituents is 2. The second-order valence-electron chi connectivity index (χ2n) is 7.89. The molecule has 13 heteroatoms. The molecule has 0 spiro atoms. The number of halogens is 1. The molecule has 1 aromatic heterocycles. The minimum Gasteiger partial charge on any atom is -0.507 e. The second kappa shape index (κ2) is 10.2. The van der Waals surface area contributed by atoms with Crippen molar-refractivity contribution in [2.45, 2.75) is 11.4 Å². The van der Waals surface area contributed by atoms with Crippen molar-refractivity contribution in [2.24, 2.45) is 0 Å². The number of aromatic nitrogens is 3. The van der Waals surface area contributed by atoms with Crippen LogP contribution in [0.5, 0.6) is 23.0 Å². The summed E-state index contributed by atoms with van der Waals surface area (Å²) < 4.78 is 39.8. The van der Waals surface area contributed by atoms with E-state index in [1.165, 1.54) is 21.3 Å². The van der Waals surface area contributed by atoms with Crippen LogP contribution in [0.3, 0.4) is 0 Å². The molecule has 0 atom stereocenters. The summed E-state index contributed by atoms with van der Waals surface area (Å²) >= 11 is 6.26. The Kier molecular flexibility index (Phi) is 7.16. The Hall–Kier alpha value is -4.00. The average molecular weight is 547 g/mol. The Balaban J connectivity index is 1.80. The molecule has 0 saturated carbocycles. The number of phenols is 2. The minimum atomic E-state index is -4.31. The van der Waals surface area contributed by atoms with Crippen LogP contribution >= 0.6 is 11.6 Å². The zero-order valence-corrected chi connectivity index (χ0v) is 21.5. The molecule has 194 valence electrons. The number of rotatable bonds is 8. The third-order valence-corrected chi connectivity index (χ3v) is 7.80. The van der Waals surface area contributed by atoms with Crippen molar-refractivity contribution in [3.8, 4) is 40.1 Å². The monoisotopic (exact) mass is 546 g/mol. The Labute approximate surface area is 217 Å². The van der Waals surface area contributed by atoms with Crippen molar-refractivity contribution in [1.82, 2.24) is 19.1 Å². The molecule has 0 unspecified atom stereocenters. The number of hydrogen-bond donors (Lipinski definition) is 3. The predicted molar refractivity (Wildman–Crippen MR) is 136 cm³/mol. The van der Waals surface area contributed by atoms with E-state index in [1.807, 2.05) is 0 Å². The van der Waals surface area contributed by atoms with Crippen LogP contribution in [-0.2, 0) is 16.6 Å². The van der Waals surface area contributed by atoms with Gasteiger partial charge in [-0.3, -0.25) is 0 Å². The van der Waals surface area contributed by atoms with Gasteiger partial charge in [-0.1, -0.05) is 35.9 Å². The van der Waals surface area contributed by atoms with E-state index in [9.17, 15) is 23.4 Å². The van der Waals surface area contributed by atoms with Crippen LogP contribution in [0.4, 0.5) is 0 Å². The van der Waals surface area contributed by atoms with E-state index in [2.05, 4.69) is 10.2 Å².